The maximum atomic E-state index is 12.4. The number of nitrogens with zero attached hydrogens (tertiary/aromatic N) is 3. The van der Waals surface area contributed by atoms with Crippen LogP contribution in [-0.2, 0) is 13.6 Å². The van der Waals surface area contributed by atoms with Gasteiger partial charge in [0, 0.05) is 44.9 Å². The summed E-state index contributed by atoms with van der Waals surface area (Å²) in [5.74, 6) is 1.75. The Balaban J connectivity index is 1.46. The van der Waals surface area contributed by atoms with E-state index in [1.165, 1.54) is 18.7 Å². The van der Waals surface area contributed by atoms with E-state index in [2.05, 4.69) is 35.1 Å². The first-order valence-electron chi connectivity index (χ1n) is 9.04. The molecule has 1 aliphatic carbocycles. The number of amides is 1. The Morgan fingerprint density at radius 3 is 2.58 bits per heavy atom. The number of aromatic nitrogens is 2. The fourth-order valence-electron chi connectivity index (χ4n) is 3.28. The predicted molar refractivity (Wildman–Crippen MR) is 105 cm³/mol. The SMILES string of the molecule is CN(C)c1ccc(C(=O)NCc2ccc3c(c2)nc(C2CC2)n3C)cc1. The number of carbonyl (C=O) groups is 1. The highest BCUT2D eigenvalue weighted by atomic mass is 16.1. The van der Waals surface area contributed by atoms with E-state index in [9.17, 15) is 4.79 Å². The molecule has 0 unspecified atom stereocenters. The van der Waals surface area contributed by atoms with Gasteiger partial charge in [-0.25, -0.2) is 4.98 Å². The molecule has 5 heteroatoms. The van der Waals surface area contributed by atoms with E-state index in [1.54, 1.807) is 0 Å². The lowest BCUT2D eigenvalue weighted by molar-refractivity contribution is 0.0951. The number of hydrogen-bond donors (Lipinski definition) is 1. The minimum absolute atomic E-state index is 0.0601. The second-order valence-corrected chi connectivity index (χ2v) is 7.25. The molecule has 1 aliphatic rings. The molecule has 26 heavy (non-hydrogen) atoms. The van der Waals surface area contributed by atoms with E-state index in [0.717, 1.165) is 22.3 Å². The zero-order valence-corrected chi connectivity index (χ0v) is 15.5. The third-order valence-corrected chi connectivity index (χ3v) is 5.02. The van der Waals surface area contributed by atoms with Gasteiger partial charge in [-0.05, 0) is 54.8 Å². The largest absolute Gasteiger partial charge is 0.378 e. The van der Waals surface area contributed by atoms with Crippen LogP contribution in [0.3, 0.4) is 0 Å². The normalized spacial score (nSPS) is 13.8. The number of nitrogens with one attached hydrogen (secondary N) is 1. The number of benzene rings is 2. The summed E-state index contributed by atoms with van der Waals surface area (Å²) in [5.41, 5.74) is 4.98. The topological polar surface area (TPSA) is 50.2 Å². The van der Waals surface area contributed by atoms with E-state index in [-0.39, 0.29) is 5.91 Å². The van der Waals surface area contributed by atoms with Crippen LogP contribution in [0.5, 0.6) is 0 Å². The average Bonchev–Trinajstić information content (AvgIpc) is 3.44. The predicted octanol–water partition coefficient (Wildman–Crippen LogP) is 3.45. The molecule has 0 aliphatic heterocycles. The number of carbonyl (C=O) groups excluding carboxylic acids is 1. The molecular weight excluding hydrogens is 324 g/mol. The highest BCUT2D eigenvalue weighted by molar-refractivity contribution is 5.94. The van der Waals surface area contributed by atoms with Gasteiger partial charge >= 0.3 is 0 Å². The monoisotopic (exact) mass is 348 g/mol. The standard InChI is InChI=1S/C21H24N4O/c1-24(2)17-9-7-16(8-10-17)21(26)22-13-14-4-11-19-18(12-14)23-20(25(19)3)15-5-6-15/h4,7-12,15H,5-6,13H2,1-3H3,(H,22,26). The van der Waals surface area contributed by atoms with E-state index < -0.39 is 0 Å². The Labute approximate surface area is 153 Å². The minimum atomic E-state index is -0.0601. The molecule has 3 aromatic rings. The number of hydrogen-bond acceptors (Lipinski definition) is 3. The van der Waals surface area contributed by atoms with Gasteiger partial charge < -0.3 is 14.8 Å². The Bertz CT molecular complexity index is 952. The summed E-state index contributed by atoms with van der Waals surface area (Å²) in [6, 6.07) is 13.9. The summed E-state index contributed by atoms with van der Waals surface area (Å²) in [6.45, 7) is 0.500. The van der Waals surface area contributed by atoms with Gasteiger partial charge in [0.2, 0.25) is 0 Å². The van der Waals surface area contributed by atoms with Gasteiger partial charge in [0.05, 0.1) is 11.0 Å². The van der Waals surface area contributed by atoms with Crippen LogP contribution >= 0.6 is 0 Å². The summed E-state index contributed by atoms with van der Waals surface area (Å²) in [7, 11) is 6.05. The Hall–Kier alpha value is -2.82. The molecule has 0 radical (unpaired) electrons. The smallest absolute Gasteiger partial charge is 0.251 e. The molecule has 0 atom stereocenters. The fraction of sp³-hybridized carbons (Fsp3) is 0.333. The van der Waals surface area contributed by atoms with Gasteiger partial charge in [-0.3, -0.25) is 4.79 Å². The van der Waals surface area contributed by atoms with Crippen LogP contribution < -0.4 is 10.2 Å². The van der Waals surface area contributed by atoms with Crippen molar-refractivity contribution in [2.45, 2.75) is 25.3 Å². The molecule has 0 saturated heterocycles. The van der Waals surface area contributed by atoms with Gasteiger partial charge in [-0.15, -0.1) is 0 Å². The molecule has 4 rings (SSSR count). The zero-order valence-electron chi connectivity index (χ0n) is 15.5. The lowest BCUT2D eigenvalue weighted by atomic mass is 10.1. The number of aryl methyl sites for hydroxylation is 1. The summed E-state index contributed by atoms with van der Waals surface area (Å²) in [6.07, 6.45) is 2.49. The quantitative estimate of drug-likeness (QED) is 0.768. The number of imidazole rings is 1. The second kappa shape index (κ2) is 6.48. The van der Waals surface area contributed by atoms with Crippen molar-refractivity contribution < 1.29 is 4.79 Å². The second-order valence-electron chi connectivity index (χ2n) is 7.25. The molecular formula is C21H24N4O. The molecule has 0 spiro atoms. The molecule has 1 amide bonds. The molecule has 1 N–H and O–H groups in total. The molecule has 1 aromatic heterocycles. The van der Waals surface area contributed by atoms with E-state index in [0.29, 0.717) is 18.0 Å². The van der Waals surface area contributed by atoms with Crippen LogP contribution in [-0.4, -0.2) is 29.6 Å². The van der Waals surface area contributed by atoms with Crippen molar-refractivity contribution in [3.8, 4) is 0 Å². The van der Waals surface area contributed by atoms with Gasteiger partial charge in [0.25, 0.3) is 5.91 Å². The highest BCUT2D eigenvalue weighted by Gasteiger charge is 2.28. The van der Waals surface area contributed by atoms with Crippen LogP contribution in [0.2, 0.25) is 0 Å². The summed E-state index contributed by atoms with van der Waals surface area (Å²) < 4.78 is 2.20. The van der Waals surface area contributed by atoms with Crippen LogP contribution in [0, 0.1) is 0 Å². The molecule has 2 aromatic carbocycles. The Kier molecular flexibility index (Phi) is 4.15. The van der Waals surface area contributed by atoms with Gasteiger partial charge in [0.15, 0.2) is 0 Å². The van der Waals surface area contributed by atoms with Crippen molar-refractivity contribution in [2.75, 3.05) is 19.0 Å². The number of anilines is 1. The van der Waals surface area contributed by atoms with Crippen LogP contribution in [0.25, 0.3) is 11.0 Å². The summed E-state index contributed by atoms with van der Waals surface area (Å²) in [5, 5.41) is 3.00. The molecule has 1 saturated carbocycles. The fourth-order valence-corrected chi connectivity index (χ4v) is 3.28. The lowest BCUT2D eigenvalue weighted by Crippen LogP contribution is -2.22. The molecule has 0 bridgehead atoms. The Morgan fingerprint density at radius 2 is 1.92 bits per heavy atom. The maximum Gasteiger partial charge on any atom is 0.251 e. The van der Waals surface area contributed by atoms with Crippen LogP contribution in [0.1, 0.15) is 40.5 Å². The molecule has 5 nitrogen and oxygen atoms in total. The van der Waals surface area contributed by atoms with Gasteiger partial charge in [0.1, 0.15) is 5.82 Å². The first-order chi connectivity index (χ1) is 12.5. The van der Waals surface area contributed by atoms with Crippen LogP contribution in [0.4, 0.5) is 5.69 Å². The van der Waals surface area contributed by atoms with Crippen molar-refractivity contribution in [3.05, 3.63) is 59.4 Å². The van der Waals surface area contributed by atoms with Gasteiger partial charge in [-0.1, -0.05) is 6.07 Å². The minimum Gasteiger partial charge on any atom is -0.378 e. The van der Waals surface area contributed by atoms with Crippen molar-refractivity contribution in [1.29, 1.82) is 0 Å². The summed E-state index contributed by atoms with van der Waals surface area (Å²) in [4.78, 5) is 19.2. The van der Waals surface area contributed by atoms with Crippen molar-refractivity contribution in [3.63, 3.8) is 0 Å². The zero-order chi connectivity index (χ0) is 18.3. The van der Waals surface area contributed by atoms with Gasteiger partial charge in [-0.2, -0.15) is 0 Å². The third-order valence-electron chi connectivity index (χ3n) is 5.02. The van der Waals surface area contributed by atoms with Crippen molar-refractivity contribution in [1.82, 2.24) is 14.9 Å². The maximum absolute atomic E-state index is 12.4. The first kappa shape index (κ1) is 16.6. The molecule has 134 valence electrons. The number of rotatable bonds is 5. The van der Waals surface area contributed by atoms with Crippen molar-refractivity contribution in [2.24, 2.45) is 7.05 Å². The third kappa shape index (κ3) is 3.17. The molecule has 1 fully saturated rings. The summed E-state index contributed by atoms with van der Waals surface area (Å²) >= 11 is 0. The van der Waals surface area contributed by atoms with Crippen LogP contribution in [0.15, 0.2) is 42.5 Å². The van der Waals surface area contributed by atoms with E-state index in [1.807, 2.05) is 43.3 Å². The highest BCUT2D eigenvalue weighted by Crippen LogP contribution is 2.40. The van der Waals surface area contributed by atoms with E-state index in [4.69, 9.17) is 4.98 Å². The number of fused-ring (bicyclic) bond motifs is 1. The first-order valence-corrected chi connectivity index (χ1v) is 9.04. The average molecular weight is 348 g/mol. The van der Waals surface area contributed by atoms with E-state index >= 15 is 0 Å². The molecule has 1 heterocycles. The Morgan fingerprint density at radius 1 is 1.19 bits per heavy atom. The lowest BCUT2D eigenvalue weighted by Gasteiger charge is -2.12. The van der Waals surface area contributed by atoms with Crippen molar-refractivity contribution >= 4 is 22.6 Å².